The van der Waals surface area contributed by atoms with Crippen LogP contribution in [0.5, 0.6) is 0 Å². The Bertz CT molecular complexity index is 1280. The molecule has 1 aliphatic rings. The zero-order valence-electron chi connectivity index (χ0n) is 18.7. The Morgan fingerprint density at radius 3 is 2.70 bits per heavy atom. The smallest absolute Gasteiger partial charge is 0.243 e. The summed E-state index contributed by atoms with van der Waals surface area (Å²) in [5.41, 5.74) is 2.96. The Hall–Kier alpha value is -2.46. The van der Waals surface area contributed by atoms with Gasteiger partial charge in [-0.05, 0) is 49.7 Å². The third-order valence-electron chi connectivity index (χ3n) is 5.84. The molecule has 1 saturated heterocycles. The van der Waals surface area contributed by atoms with E-state index in [1.807, 2.05) is 24.5 Å². The van der Waals surface area contributed by atoms with E-state index in [1.54, 1.807) is 30.3 Å². The van der Waals surface area contributed by atoms with Crippen molar-refractivity contribution in [3.63, 3.8) is 0 Å². The molecule has 0 radical (unpaired) electrons. The summed E-state index contributed by atoms with van der Waals surface area (Å²) >= 11 is 6.13. The number of imidazole rings is 1. The largest absolute Gasteiger partial charge is 0.379 e. The van der Waals surface area contributed by atoms with E-state index in [-0.39, 0.29) is 17.2 Å². The number of aryl methyl sites for hydroxylation is 2. The normalized spacial score (nSPS) is 15.1. The van der Waals surface area contributed by atoms with Gasteiger partial charge >= 0.3 is 0 Å². The number of ether oxygens (including phenoxy) is 1. The summed E-state index contributed by atoms with van der Waals surface area (Å²) in [6.07, 6.45) is 0.674. The van der Waals surface area contributed by atoms with Crippen LogP contribution in [0.15, 0.2) is 41.3 Å². The number of hydrogen-bond acceptors (Lipinski definition) is 5. The fourth-order valence-electron chi connectivity index (χ4n) is 3.98. The summed E-state index contributed by atoms with van der Waals surface area (Å²) in [4.78, 5) is 17.4. The SMILES string of the molecule is CCn1c(CCC(=O)Nc2cccc(Cl)c2C)nc2cc(S(=O)(=O)N3CCOCC3)ccc21. The van der Waals surface area contributed by atoms with Crippen molar-refractivity contribution in [1.82, 2.24) is 13.9 Å². The Morgan fingerprint density at radius 1 is 1.21 bits per heavy atom. The van der Waals surface area contributed by atoms with Crippen molar-refractivity contribution in [3.05, 3.63) is 52.8 Å². The summed E-state index contributed by atoms with van der Waals surface area (Å²) in [6, 6.07) is 10.4. The number of nitrogens with one attached hydrogen (secondary N) is 1. The lowest BCUT2D eigenvalue weighted by Gasteiger charge is -2.26. The van der Waals surface area contributed by atoms with Crippen LogP contribution >= 0.6 is 11.6 Å². The molecule has 1 aromatic heterocycles. The molecule has 4 rings (SSSR count). The van der Waals surface area contributed by atoms with E-state index < -0.39 is 10.0 Å². The Labute approximate surface area is 198 Å². The summed E-state index contributed by atoms with van der Waals surface area (Å²) in [6.45, 7) is 6.00. The van der Waals surface area contributed by atoms with Gasteiger partial charge in [0.2, 0.25) is 15.9 Å². The first-order chi connectivity index (χ1) is 15.8. The number of morpholine rings is 1. The fourth-order valence-corrected chi connectivity index (χ4v) is 5.58. The van der Waals surface area contributed by atoms with E-state index in [9.17, 15) is 13.2 Å². The topological polar surface area (TPSA) is 93.5 Å². The molecule has 2 heterocycles. The molecule has 2 aromatic carbocycles. The molecule has 176 valence electrons. The first-order valence-electron chi connectivity index (χ1n) is 10.9. The molecule has 0 bridgehead atoms. The summed E-state index contributed by atoms with van der Waals surface area (Å²) in [5.74, 6) is 0.608. The molecule has 1 aliphatic heterocycles. The molecule has 1 amide bonds. The molecule has 33 heavy (non-hydrogen) atoms. The van der Waals surface area contributed by atoms with Gasteiger partial charge in [-0.3, -0.25) is 4.79 Å². The molecule has 0 aliphatic carbocycles. The highest BCUT2D eigenvalue weighted by molar-refractivity contribution is 7.89. The minimum Gasteiger partial charge on any atom is -0.379 e. The van der Waals surface area contributed by atoms with Gasteiger partial charge in [0.25, 0.3) is 0 Å². The minimum absolute atomic E-state index is 0.134. The van der Waals surface area contributed by atoms with Gasteiger partial charge in [-0.1, -0.05) is 17.7 Å². The number of rotatable bonds is 7. The van der Waals surface area contributed by atoms with Crippen LogP contribution in [0, 0.1) is 6.92 Å². The summed E-state index contributed by atoms with van der Waals surface area (Å²) in [5, 5.41) is 3.50. The van der Waals surface area contributed by atoms with Gasteiger partial charge < -0.3 is 14.6 Å². The van der Waals surface area contributed by atoms with Crippen LogP contribution < -0.4 is 5.32 Å². The Kier molecular flexibility index (Phi) is 7.04. The highest BCUT2D eigenvalue weighted by atomic mass is 35.5. The van der Waals surface area contributed by atoms with E-state index in [4.69, 9.17) is 16.3 Å². The molecule has 0 atom stereocenters. The quantitative estimate of drug-likeness (QED) is 0.546. The zero-order valence-corrected chi connectivity index (χ0v) is 20.2. The maximum atomic E-state index is 13.0. The van der Waals surface area contributed by atoms with Crippen molar-refractivity contribution < 1.29 is 17.9 Å². The third-order valence-corrected chi connectivity index (χ3v) is 8.14. The van der Waals surface area contributed by atoms with Gasteiger partial charge in [0.1, 0.15) is 5.82 Å². The third kappa shape index (κ3) is 4.91. The lowest BCUT2D eigenvalue weighted by Crippen LogP contribution is -2.40. The second-order valence-corrected chi connectivity index (χ2v) is 10.2. The Balaban J connectivity index is 1.53. The van der Waals surface area contributed by atoms with Crippen LogP contribution in [-0.4, -0.2) is 54.5 Å². The average molecular weight is 491 g/mol. The van der Waals surface area contributed by atoms with Gasteiger partial charge in [0, 0.05) is 43.2 Å². The van der Waals surface area contributed by atoms with Crippen LogP contribution in [0.1, 0.15) is 24.7 Å². The monoisotopic (exact) mass is 490 g/mol. The van der Waals surface area contributed by atoms with Gasteiger partial charge in [0.05, 0.1) is 29.1 Å². The molecular weight excluding hydrogens is 464 g/mol. The summed E-state index contributed by atoms with van der Waals surface area (Å²) in [7, 11) is -3.60. The first-order valence-corrected chi connectivity index (χ1v) is 12.7. The van der Waals surface area contributed by atoms with Crippen molar-refractivity contribution in [3.8, 4) is 0 Å². The number of halogens is 1. The number of amides is 1. The number of hydrogen-bond donors (Lipinski definition) is 1. The van der Waals surface area contributed by atoms with Crippen LogP contribution in [0.25, 0.3) is 11.0 Å². The van der Waals surface area contributed by atoms with Gasteiger partial charge in [0.15, 0.2) is 0 Å². The number of anilines is 1. The molecule has 1 N–H and O–H groups in total. The van der Waals surface area contributed by atoms with Crippen LogP contribution in [0.2, 0.25) is 5.02 Å². The molecule has 1 fully saturated rings. The predicted molar refractivity (Wildman–Crippen MR) is 128 cm³/mol. The number of carbonyl (C=O) groups excluding carboxylic acids is 1. The van der Waals surface area contributed by atoms with Crippen molar-refractivity contribution >= 4 is 44.3 Å². The highest BCUT2D eigenvalue weighted by Gasteiger charge is 2.27. The van der Waals surface area contributed by atoms with Crippen molar-refractivity contribution in [2.24, 2.45) is 0 Å². The number of aromatic nitrogens is 2. The lowest BCUT2D eigenvalue weighted by atomic mass is 10.2. The second kappa shape index (κ2) is 9.80. The second-order valence-electron chi connectivity index (χ2n) is 7.90. The van der Waals surface area contributed by atoms with Gasteiger partial charge in [-0.15, -0.1) is 0 Å². The van der Waals surface area contributed by atoms with Crippen LogP contribution in [0.4, 0.5) is 5.69 Å². The molecule has 0 spiro atoms. The van der Waals surface area contributed by atoms with Crippen LogP contribution in [-0.2, 0) is 32.5 Å². The fraction of sp³-hybridized carbons (Fsp3) is 0.391. The first kappa shape index (κ1) is 23.7. The predicted octanol–water partition coefficient (Wildman–Crippen LogP) is 3.61. The van der Waals surface area contributed by atoms with E-state index >= 15 is 0 Å². The average Bonchev–Trinajstić information content (AvgIpc) is 3.18. The van der Waals surface area contributed by atoms with Gasteiger partial charge in [-0.2, -0.15) is 4.31 Å². The van der Waals surface area contributed by atoms with E-state index in [0.717, 1.165) is 16.9 Å². The molecular formula is C23H27ClN4O4S. The molecule has 8 nitrogen and oxygen atoms in total. The lowest BCUT2D eigenvalue weighted by molar-refractivity contribution is -0.116. The van der Waals surface area contributed by atoms with Crippen molar-refractivity contribution in [2.45, 2.75) is 38.1 Å². The Morgan fingerprint density at radius 2 is 1.97 bits per heavy atom. The zero-order chi connectivity index (χ0) is 23.6. The number of fused-ring (bicyclic) bond motifs is 1. The standard InChI is InChI=1S/C23H27ClN4O4S/c1-3-28-21-8-7-17(33(30,31)27-11-13-32-14-12-27)15-20(21)25-22(28)9-10-23(29)26-19-6-4-5-18(24)16(19)2/h4-8,15H,3,9-14H2,1-2H3,(H,26,29). The highest BCUT2D eigenvalue weighted by Crippen LogP contribution is 2.25. The molecule has 0 saturated carbocycles. The molecule has 0 unspecified atom stereocenters. The maximum Gasteiger partial charge on any atom is 0.243 e. The van der Waals surface area contributed by atoms with Crippen molar-refractivity contribution in [2.75, 3.05) is 31.6 Å². The van der Waals surface area contributed by atoms with E-state index in [2.05, 4.69) is 10.3 Å². The van der Waals surface area contributed by atoms with E-state index in [0.29, 0.717) is 55.5 Å². The van der Waals surface area contributed by atoms with Crippen molar-refractivity contribution in [1.29, 1.82) is 0 Å². The molecule has 10 heteroatoms. The van der Waals surface area contributed by atoms with E-state index in [1.165, 1.54) is 4.31 Å². The number of carbonyl (C=O) groups is 1. The van der Waals surface area contributed by atoms with Crippen LogP contribution in [0.3, 0.4) is 0 Å². The number of benzene rings is 2. The minimum atomic E-state index is -3.60. The number of nitrogens with zero attached hydrogens (tertiary/aromatic N) is 3. The maximum absolute atomic E-state index is 13.0. The number of sulfonamides is 1. The van der Waals surface area contributed by atoms with Gasteiger partial charge in [-0.25, -0.2) is 13.4 Å². The molecule has 3 aromatic rings. The summed E-state index contributed by atoms with van der Waals surface area (Å²) < 4.78 is 34.7.